The third-order valence-corrected chi connectivity index (χ3v) is 3.50. The molecular weight excluding hydrogens is 328 g/mol. The van der Waals surface area contributed by atoms with Crippen LogP contribution in [0.2, 0.25) is 0 Å². The first kappa shape index (κ1) is 16.3. The van der Waals surface area contributed by atoms with Crippen LogP contribution >= 0.6 is 0 Å². The fourth-order valence-electron chi connectivity index (χ4n) is 2.30. The highest BCUT2D eigenvalue weighted by Gasteiger charge is 2.12. The second kappa shape index (κ2) is 6.93. The number of aldehydes is 1. The largest absolute Gasteiger partial charge is 0.434 e. The highest BCUT2D eigenvalue weighted by Crippen LogP contribution is 2.27. The summed E-state index contributed by atoms with van der Waals surface area (Å²) in [5.74, 6) is -0.199. The van der Waals surface area contributed by atoms with E-state index in [0.717, 1.165) is 5.69 Å². The van der Waals surface area contributed by atoms with E-state index in [-0.39, 0.29) is 11.3 Å². The molecule has 0 aliphatic carbocycles. The summed E-state index contributed by atoms with van der Waals surface area (Å²) in [4.78, 5) is 10.9. The van der Waals surface area contributed by atoms with E-state index in [4.69, 9.17) is 5.26 Å². The Morgan fingerprint density at radius 1 is 1.16 bits per heavy atom. The molecule has 3 aromatic rings. The summed E-state index contributed by atoms with van der Waals surface area (Å²) in [6.45, 7) is -3.02. The Bertz CT molecular complexity index is 944. The summed E-state index contributed by atoms with van der Waals surface area (Å²) in [5, 5.41) is 13.2. The Balaban J connectivity index is 1.93. The maximum absolute atomic E-state index is 12.5. The summed E-state index contributed by atoms with van der Waals surface area (Å²) in [5.41, 5.74) is 2.39. The summed E-state index contributed by atoms with van der Waals surface area (Å²) in [6, 6.07) is 14.9. The number of nitriles is 1. The minimum absolute atomic E-state index is 0.0376. The minimum Gasteiger partial charge on any atom is -0.434 e. The average molecular weight is 339 g/mol. The lowest BCUT2D eigenvalue weighted by molar-refractivity contribution is -0.0500. The number of nitrogens with zero attached hydrogens (tertiary/aromatic N) is 3. The molecule has 124 valence electrons. The molecule has 0 saturated heterocycles. The Morgan fingerprint density at radius 2 is 1.92 bits per heavy atom. The quantitative estimate of drug-likeness (QED) is 0.663. The van der Waals surface area contributed by atoms with Crippen LogP contribution in [-0.4, -0.2) is 22.7 Å². The van der Waals surface area contributed by atoms with E-state index < -0.39 is 6.61 Å². The molecule has 0 radical (unpaired) electrons. The molecule has 0 fully saturated rings. The van der Waals surface area contributed by atoms with Gasteiger partial charge < -0.3 is 4.74 Å². The van der Waals surface area contributed by atoms with Crippen molar-refractivity contribution < 1.29 is 18.3 Å². The van der Waals surface area contributed by atoms with Gasteiger partial charge in [-0.1, -0.05) is 6.07 Å². The number of halogens is 2. The highest BCUT2D eigenvalue weighted by atomic mass is 19.3. The van der Waals surface area contributed by atoms with Crippen molar-refractivity contribution in [2.24, 2.45) is 0 Å². The first-order chi connectivity index (χ1) is 12.1. The molecule has 0 spiro atoms. The zero-order valence-electron chi connectivity index (χ0n) is 12.8. The van der Waals surface area contributed by atoms with E-state index in [0.29, 0.717) is 23.1 Å². The number of ether oxygens (including phenoxy) is 1. The van der Waals surface area contributed by atoms with Gasteiger partial charge in [-0.25, -0.2) is 4.68 Å². The van der Waals surface area contributed by atoms with Crippen molar-refractivity contribution in [3.8, 4) is 28.8 Å². The Hall–Kier alpha value is -3.53. The average Bonchev–Trinajstić information content (AvgIpc) is 3.11. The van der Waals surface area contributed by atoms with E-state index in [1.54, 1.807) is 47.3 Å². The maximum atomic E-state index is 12.5. The summed E-state index contributed by atoms with van der Waals surface area (Å²) in [6.07, 6.45) is 2.16. The van der Waals surface area contributed by atoms with E-state index in [1.807, 2.05) is 6.07 Å². The monoisotopic (exact) mass is 339 g/mol. The number of hydrogen-bond acceptors (Lipinski definition) is 4. The van der Waals surface area contributed by atoms with Gasteiger partial charge in [0, 0.05) is 11.8 Å². The topological polar surface area (TPSA) is 67.9 Å². The third kappa shape index (κ3) is 3.53. The number of rotatable bonds is 5. The molecule has 7 heteroatoms. The van der Waals surface area contributed by atoms with Gasteiger partial charge in [0.25, 0.3) is 0 Å². The number of carbonyl (C=O) groups excluding carboxylic acids is 1. The minimum atomic E-state index is -3.02. The van der Waals surface area contributed by atoms with Crippen molar-refractivity contribution in [3.05, 3.63) is 65.9 Å². The van der Waals surface area contributed by atoms with Crippen LogP contribution in [0, 0.1) is 11.3 Å². The molecule has 0 saturated carbocycles. The van der Waals surface area contributed by atoms with Gasteiger partial charge in [0.2, 0.25) is 0 Å². The second-order valence-electron chi connectivity index (χ2n) is 5.05. The number of carbonyl (C=O) groups is 1. The first-order valence-corrected chi connectivity index (χ1v) is 7.21. The maximum Gasteiger partial charge on any atom is 0.387 e. The van der Waals surface area contributed by atoms with E-state index >= 15 is 0 Å². The molecule has 0 amide bonds. The molecule has 5 nitrogen and oxygen atoms in total. The Labute approximate surface area is 141 Å². The molecule has 0 bridgehead atoms. The lowest BCUT2D eigenvalue weighted by atomic mass is 10.1. The van der Waals surface area contributed by atoms with Crippen LogP contribution in [0.25, 0.3) is 16.9 Å². The second-order valence-corrected chi connectivity index (χ2v) is 5.05. The number of alkyl halides is 2. The molecule has 25 heavy (non-hydrogen) atoms. The Morgan fingerprint density at radius 3 is 2.56 bits per heavy atom. The van der Waals surface area contributed by atoms with Gasteiger partial charge in [0.15, 0.2) is 6.29 Å². The van der Waals surface area contributed by atoms with Crippen molar-refractivity contribution in [2.45, 2.75) is 6.61 Å². The van der Waals surface area contributed by atoms with Crippen LogP contribution in [0.5, 0.6) is 5.75 Å². The van der Waals surface area contributed by atoms with Crippen LogP contribution in [0.3, 0.4) is 0 Å². The summed E-state index contributed by atoms with van der Waals surface area (Å²) in [7, 11) is 0. The smallest absolute Gasteiger partial charge is 0.387 e. The fraction of sp³-hybridized carbons (Fsp3) is 0.0556. The third-order valence-electron chi connectivity index (χ3n) is 3.50. The normalized spacial score (nSPS) is 10.5. The molecule has 0 aliphatic heterocycles. The van der Waals surface area contributed by atoms with Crippen LogP contribution in [0.1, 0.15) is 15.9 Å². The van der Waals surface area contributed by atoms with Gasteiger partial charge in [-0.3, -0.25) is 4.79 Å². The molecule has 0 atom stereocenters. The SMILES string of the molecule is N#Cc1ccc(-n2ccc(-c3ccc(C=O)c(OC(F)F)c3)n2)cc1. The van der Waals surface area contributed by atoms with E-state index in [1.165, 1.54) is 12.1 Å². The molecule has 1 aromatic heterocycles. The predicted octanol–water partition coefficient (Wildman–Crippen LogP) is 3.82. The van der Waals surface area contributed by atoms with Gasteiger partial charge in [0.1, 0.15) is 5.75 Å². The van der Waals surface area contributed by atoms with Gasteiger partial charge >= 0.3 is 6.61 Å². The van der Waals surface area contributed by atoms with Crippen LogP contribution in [-0.2, 0) is 0 Å². The lowest BCUT2D eigenvalue weighted by Gasteiger charge is -2.08. The van der Waals surface area contributed by atoms with Gasteiger partial charge in [0.05, 0.1) is 28.6 Å². The number of benzene rings is 2. The van der Waals surface area contributed by atoms with Crippen molar-refractivity contribution in [3.63, 3.8) is 0 Å². The zero-order valence-corrected chi connectivity index (χ0v) is 12.8. The van der Waals surface area contributed by atoms with Gasteiger partial charge in [-0.2, -0.15) is 19.1 Å². The van der Waals surface area contributed by atoms with Crippen molar-refractivity contribution in [1.29, 1.82) is 5.26 Å². The van der Waals surface area contributed by atoms with Crippen molar-refractivity contribution in [2.75, 3.05) is 0 Å². The summed E-state index contributed by atoms with van der Waals surface area (Å²) >= 11 is 0. The van der Waals surface area contributed by atoms with E-state index in [9.17, 15) is 13.6 Å². The van der Waals surface area contributed by atoms with Crippen LogP contribution < -0.4 is 4.74 Å². The molecule has 3 rings (SSSR count). The number of hydrogen-bond donors (Lipinski definition) is 0. The number of aromatic nitrogens is 2. The molecule has 0 unspecified atom stereocenters. The van der Waals surface area contributed by atoms with E-state index in [2.05, 4.69) is 9.84 Å². The van der Waals surface area contributed by atoms with Crippen molar-refractivity contribution in [1.82, 2.24) is 9.78 Å². The molecule has 1 heterocycles. The van der Waals surface area contributed by atoms with Crippen LogP contribution in [0.15, 0.2) is 54.7 Å². The summed E-state index contributed by atoms with van der Waals surface area (Å²) < 4.78 is 30.9. The highest BCUT2D eigenvalue weighted by molar-refractivity contribution is 5.81. The van der Waals surface area contributed by atoms with Crippen molar-refractivity contribution >= 4 is 6.29 Å². The first-order valence-electron chi connectivity index (χ1n) is 7.21. The molecule has 0 N–H and O–H groups in total. The predicted molar refractivity (Wildman–Crippen MR) is 85.7 cm³/mol. The lowest BCUT2D eigenvalue weighted by Crippen LogP contribution is -2.04. The van der Waals surface area contributed by atoms with Gasteiger partial charge in [-0.15, -0.1) is 0 Å². The van der Waals surface area contributed by atoms with Crippen LogP contribution in [0.4, 0.5) is 8.78 Å². The molecule has 0 aliphatic rings. The van der Waals surface area contributed by atoms with Gasteiger partial charge in [-0.05, 0) is 42.5 Å². The standard InChI is InChI=1S/C18H11F2N3O2/c19-18(20)25-17-9-13(3-4-14(17)11-24)16-7-8-23(22-16)15-5-1-12(10-21)2-6-15/h1-9,11,18H. The molecule has 2 aromatic carbocycles. The molecular formula is C18H11F2N3O2. The fourth-order valence-corrected chi connectivity index (χ4v) is 2.30. The zero-order chi connectivity index (χ0) is 17.8. The Kier molecular flexibility index (Phi) is 4.53.